The zero-order valence-corrected chi connectivity index (χ0v) is 17.8. The van der Waals surface area contributed by atoms with E-state index in [1.54, 1.807) is 22.9 Å². The molecule has 152 valence electrons. The predicted octanol–water partition coefficient (Wildman–Crippen LogP) is 5.64. The van der Waals surface area contributed by atoms with E-state index in [1.807, 2.05) is 30.3 Å². The van der Waals surface area contributed by atoms with Crippen molar-refractivity contribution in [3.63, 3.8) is 0 Å². The number of aromatic nitrogens is 2. The van der Waals surface area contributed by atoms with E-state index in [9.17, 15) is 5.11 Å². The number of aromatic hydroxyl groups is 1. The fraction of sp³-hybridized carbons (Fsp3) is 0.100. The zero-order chi connectivity index (χ0) is 21.3. The van der Waals surface area contributed by atoms with Crippen LogP contribution in [0.4, 0.5) is 11.4 Å². The summed E-state index contributed by atoms with van der Waals surface area (Å²) in [5, 5.41) is 24.5. The number of nitrogens with zero attached hydrogens (tertiary/aromatic N) is 4. The molecular formula is C20H16Cl2N6OS. The number of fused-ring (bicyclic) bond motifs is 2. The third-order valence-electron chi connectivity index (χ3n) is 4.58. The van der Waals surface area contributed by atoms with E-state index >= 15 is 0 Å². The Morgan fingerprint density at radius 2 is 1.90 bits per heavy atom. The average molecular weight is 459 g/mol. The van der Waals surface area contributed by atoms with Gasteiger partial charge in [0.05, 0.1) is 11.0 Å². The summed E-state index contributed by atoms with van der Waals surface area (Å²) < 4.78 is 1.73. The van der Waals surface area contributed by atoms with Crippen molar-refractivity contribution in [3.05, 3.63) is 58.7 Å². The summed E-state index contributed by atoms with van der Waals surface area (Å²) >= 11 is 16.9. The molecule has 4 rings (SSSR count). The summed E-state index contributed by atoms with van der Waals surface area (Å²) in [6.45, 7) is 0.998. The minimum Gasteiger partial charge on any atom is -0.493 e. The SMILES string of the molecule is NC(=S)N=Nc1c(O)n(CCNc2ccnc3cc(Cl)ccc23)c2ccc(Cl)cc12. The topological polar surface area (TPSA) is 101 Å². The van der Waals surface area contributed by atoms with Gasteiger partial charge in [-0.25, -0.2) is 0 Å². The summed E-state index contributed by atoms with van der Waals surface area (Å²) in [7, 11) is 0. The summed E-state index contributed by atoms with van der Waals surface area (Å²) in [6, 6.07) is 12.7. The van der Waals surface area contributed by atoms with Gasteiger partial charge < -0.3 is 20.7 Å². The Kier molecular flexibility index (Phi) is 5.72. The standard InChI is InChI=1S/C20H16Cl2N6OS/c21-11-2-4-17-14(9-11)18(26-27-20(23)30)19(29)28(17)8-7-25-15-5-6-24-16-10-12(22)1-3-13(15)16/h1-6,9-10,29H,7-8H2,(H2,23,30)(H,24,25). The molecule has 10 heteroatoms. The van der Waals surface area contributed by atoms with Crippen LogP contribution in [0.1, 0.15) is 0 Å². The van der Waals surface area contributed by atoms with Crippen molar-refractivity contribution >= 4 is 73.7 Å². The van der Waals surface area contributed by atoms with Crippen LogP contribution >= 0.6 is 35.4 Å². The number of thiocarbonyl (C=S) groups is 1. The first-order chi connectivity index (χ1) is 14.4. The minimum absolute atomic E-state index is 0.0413. The highest BCUT2D eigenvalue weighted by molar-refractivity contribution is 7.80. The lowest BCUT2D eigenvalue weighted by atomic mass is 10.2. The highest BCUT2D eigenvalue weighted by Gasteiger charge is 2.17. The fourth-order valence-electron chi connectivity index (χ4n) is 3.30. The highest BCUT2D eigenvalue weighted by Crippen LogP contribution is 2.40. The van der Waals surface area contributed by atoms with Crippen LogP contribution in [0, 0.1) is 0 Å². The van der Waals surface area contributed by atoms with Gasteiger partial charge in [0.25, 0.3) is 0 Å². The second-order valence-electron chi connectivity index (χ2n) is 6.47. The van der Waals surface area contributed by atoms with Crippen LogP contribution < -0.4 is 11.1 Å². The van der Waals surface area contributed by atoms with Gasteiger partial charge in [0.15, 0.2) is 5.69 Å². The second-order valence-corrected chi connectivity index (χ2v) is 7.76. The first-order valence-corrected chi connectivity index (χ1v) is 10.1. The molecule has 0 atom stereocenters. The van der Waals surface area contributed by atoms with Gasteiger partial charge in [-0.3, -0.25) is 4.98 Å². The van der Waals surface area contributed by atoms with Crippen molar-refractivity contribution in [2.45, 2.75) is 6.54 Å². The number of pyridine rings is 1. The summed E-state index contributed by atoms with van der Waals surface area (Å²) in [4.78, 5) is 4.34. The second kappa shape index (κ2) is 8.43. The van der Waals surface area contributed by atoms with E-state index in [1.165, 1.54) is 0 Å². The third kappa shape index (κ3) is 4.02. The van der Waals surface area contributed by atoms with E-state index in [0.717, 1.165) is 22.1 Å². The number of azo groups is 1. The summed E-state index contributed by atoms with van der Waals surface area (Å²) in [5.74, 6) is -0.0413. The number of rotatable bonds is 5. The predicted molar refractivity (Wildman–Crippen MR) is 125 cm³/mol. The van der Waals surface area contributed by atoms with Crippen molar-refractivity contribution in [2.24, 2.45) is 16.0 Å². The van der Waals surface area contributed by atoms with Gasteiger partial charge in [0.1, 0.15) is 0 Å². The molecule has 0 radical (unpaired) electrons. The van der Waals surface area contributed by atoms with Crippen molar-refractivity contribution in [1.82, 2.24) is 9.55 Å². The van der Waals surface area contributed by atoms with Gasteiger partial charge in [-0.05, 0) is 54.7 Å². The Morgan fingerprint density at radius 1 is 1.13 bits per heavy atom. The molecular weight excluding hydrogens is 443 g/mol. The van der Waals surface area contributed by atoms with Gasteiger partial charge in [0.2, 0.25) is 11.0 Å². The van der Waals surface area contributed by atoms with Gasteiger partial charge in [0, 0.05) is 45.8 Å². The lowest BCUT2D eigenvalue weighted by molar-refractivity contribution is 0.425. The Bertz CT molecular complexity index is 1300. The van der Waals surface area contributed by atoms with Crippen LogP contribution in [0.15, 0.2) is 58.9 Å². The lowest BCUT2D eigenvalue weighted by Gasteiger charge is -2.11. The molecule has 4 N–H and O–H groups in total. The van der Waals surface area contributed by atoms with E-state index in [0.29, 0.717) is 28.5 Å². The Labute approximate surface area is 187 Å². The largest absolute Gasteiger partial charge is 0.493 e. The molecule has 0 aliphatic rings. The maximum atomic E-state index is 10.7. The molecule has 0 spiro atoms. The van der Waals surface area contributed by atoms with Crippen molar-refractivity contribution in [1.29, 1.82) is 0 Å². The molecule has 30 heavy (non-hydrogen) atoms. The quantitative estimate of drug-likeness (QED) is 0.265. The first kappa shape index (κ1) is 20.3. The van der Waals surface area contributed by atoms with Crippen LogP contribution in [0.2, 0.25) is 10.0 Å². The van der Waals surface area contributed by atoms with Crippen LogP contribution in [0.25, 0.3) is 21.8 Å². The third-order valence-corrected chi connectivity index (χ3v) is 5.13. The zero-order valence-electron chi connectivity index (χ0n) is 15.5. The number of halogens is 2. The molecule has 0 fully saturated rings. The van der Waals surface area contributed by atoms with E-state index in [2.05, 4.69) is 20.5 Å². The maximum absolute atomic E-state index is 10.7. The molecule has 4 aromatic rings. The molecule has 0 unspecified atom stereocenters. The fourth-order valence-corrected chi connectivity index (χ4v) is 3.68. The normalized spacial score (nSPS) is 11.5. The lowest BCUT2D eigenvalue weighted by Crippen LogP contribution is -2.10. The van der Waals surface area contributed by atoms with Crippen LogP contribution in [0.5, 0.6) is 5.88 Å². The minimum atomic E-state index is -0.122. The van der Waals surface area contributed by atoms with Crippen molar-refractivity contribution < 1.29 is 5.11 Å². The molecule has 2 aromatic carbocycles. The number of hydrogen-bond acceptors (Lipinski definition) is 5. The van der Waals surface area contributed by atoms with Gasteiger partial charge >= 0.3 is 0 Å². The molecule has 0 aliphatic carbocycles. The number of nitrogens with one attached hydrogen (secondary N) is 1. The monoisotopic (exact) mass is 458 g/mol. The van der Waals surface area contributed by atoms with Crippen LogP contribution in [0.3, 0.4) is 0 Å². The Balaban J connectivity index is 1.63. The van der Waals surface area contributed by atoms with Gasteiger partial charge in [-0.2, -0.15) is 0 Å². The number of anilines is 1. The molecule has 2 heterocycles. The molecule has 0 saturated heterocycles. The van der Waals surface area contributed by atoms with Crippen molar-refractivity contribution in [2.75, 3.05) is 11.9 Å². The summed E-state index contributed by atoms with van der Waals surface area (Å²) in [5.41, 5.74) is 8.16. The summed E-state index contributed by atoms with van der Waals surface area (Å²) in [6.07, 6.45) is 1.72. The maximum Gasteiger partial charge on any atom is 0.220 e. The average Bonchev–Trinajstić information content (AvgIpc) is 2.96. The molecule has 7 nitrogen and oxygen atoms in total. The number of benzene rings is 2. The van der Waals surface area contributed by atoms with E-state index in [4.69, 9.17) is 41.2 Å². The van der Waals surface area contributed by atoms with Crippen LogP contribution in [-0.2, 0) is 6.54 Å². The molecule has 0 amide bonds. The van der Waals surface area contributed by atoms with Gasteiger partial charge in [-0.15, -0.1) is 10.2 Å². The smallest absolute Gasteiger partial charge is 0.220 e. The molecule has 0 bridgehead atoms. The van der Waals surface area contributed by atoms with E-state index in [-0.39, 0.29) is 16.7 Å². The van der Waals surface area contributed by atoms with Crippen LogP contribution in [-0.4, -0.2) is 26.3 Å². The Hall–Kier alpha value is -2.94. The number of hydrogen-bond donors (Lipinski definition) is 3. The molecule has 0 aliphatic heterocycles. The Morgan fingerprint density at radius 3 is 2.70 bits per heavy atom. The van der Waals surface area contributed by atoms with E-state index < -0.39 is 0 Å². The van der Waals surface area contributed by atoms with Crippen molar-refractivity contribution in [3.8, 4) is 5.88 Å². The highest BCUT2D eigenvalue weighted by atomic mass is 35.5. The van der Waals surface area contributed by atoms with Gasteiger partial charge in [-0.1, -0.05) is 23.2 Å². The molecule has 2 aromatic heterocycles. The molecule has 0 saturated carbocycles. The first-order valence-electron chi connectivity index (χ1n) is 8.94. The number of nitrogens with two attached hydrogens (primary N) is 1.